The predicted octanol–water partition coefficient (Wildman–Crippen LogP) is 3.25. The van der Waals surface area contributed by atoms with Gasteiger partial charge in [-0.15, -0.1) is 0 Å². The van der Waals surface area contributed by atoms with Crippen LogP contribution in [0, 0.1) is 26.0 Å². The van der Waals surface area contributed by atoms with E-state index in [9.17, 15) is 24.6 Å². The Balaban J connectivity index is 2.22. The molecule has 2 aromatic carbocycles. The molecule has 0 atom stereocenters. The number of hydrogen-bond acceptors (Lipinski definition) is 5. The lowest BCUT2D eigenvalue weighted by Gasteiger charge is -2.08. The molecule has 0 fully saturated rings. The van der Waals surface area contributed by atoms with Gasteiger partial charge in [-0.3, -0.25) is 20.2 Å². The van der Waals surface area contributed by atoms with Crippen molar-refractivity contribution in [1.29, 1.82) is 0 Å². The zero-order valence-electron chi connectivity index (χ0n) is 10.7. The summed E-state index contributed by atoms with van der Waals surface area (Å²) in [4.78, 5) is 20.3. The zero-order valence-corrected chi connectivity index (χ0v) is 10.7. The van der Waals surface area contributed by atoms with Gasteiger partial charge in [0.05, 0.1) is 9.85 Å². The van der Waals surface area contributed by atoms with Crippen molar-refractivity contribution >= 4 is 17.1 Å². The number of nitrogens with one attached hydrogen (secondary N) is 1. The van der Waals surface area contributed by atoms with Crippen LogP contribution in [0.3, 0.4) is 0 Å². The summed E-state index contributed by atoms with van der Waals surface area (Å²) in [6.45, 7) is 0.0312. The molecule has 0 aromatic heterocycles. The number of rotatable bonds is 5. The molecular formula is C13H10FN3O4. The summed E-state index contributed by atoms with van der Waals surface area (Å²) < 4.78 is 13.6. The Morgan fingerprint density at radius 2 is 1.76 bits per heavy atom. The Labute approximate surface area is 118 Å². The third-order valence-corrected chi connectivity index (χ3v) is 2.78. The molecule has 0 unspecified atom stereocenters. The van der Waals surface area contributed by atoms with Crippen molar-refractivity contribution in [3.05, 3.63) is 74.1 Å². The monoisotopic (exact) mass is 291 g/mol. The molecular weight excluding hydrogens is 281 g/mol. The molecule has 2 rings (SSSR count). The fraction of sp³-hybridized carbons (Fsp3) is 0.0769. The molecule has 8 heteroatoms. The molecule has 0 bridgehead atoms. The number of anilines is 1. The Bertz CT molecular complexity index is 706. The maximum Gasteiger partial charge on any atom is 0.295 e. The minimum Gasteiger partial charge on any atom is -0.373 e. The molecule has 2 aromatic rings. The van der Waals surface area contributed by atoms with Crippen molar-refractivity contribution in [2.24, 2.45) is 0 Å². The van der Waals surface area contributed by atoms with Crippen LogP contribution in [0.4, 0.5) is 21.5 Å². The van der Waals surface area contributed by atoms with Crippen LogP contribution in [0.15, 0.2) is 42.5 Å². The molecule has 0 aliphatic rings. The summed E-state index contributed by atoms with van der Waals surface area (Å²) in [5.74, 6) is -0.755. The van der Waals surface area contributed by atoms with E-state index in [0.717, 1.165) is 6.07 Å². The van der Waals surface area contributed by atoms with Gasteiger partial charge in [-0.1, -0.05) is 18.2 Å². The average Bonchev–Trinajstić information content (AvgIpc) is 2.46. The lowest BCUT2D eigenvalue weighted by atomic mass is 10.2. The van der Waals surface area contributed by atoms with E-state index in [-0.39, 0.29) is 23.6 Å². The smallest absolute Gasteiger partial charge is 0.295 e. The minimum absolute atomic E-state index is 0.0312. The highest BCUT2D eigenvalue weighted by Gasteiger charge is 2.17. The van der Waals surface area contributed by atoms with Crippen LogP contribution in [-0.4, -0.2) is 9.85 Å². The molecule has 0 saturated carbocycles. The van der Waals surface area contributed by atoms with Gasteiger partial charge in [0, 0.05) is 24.7 Å². The number of para-hydroxylation sites is 1. The number of benzene rings is 2. The number of non-ortho nitro benzene ring substituents is 1. The first-order valence-electron chi connectivity index (χ1n) is 5.89. The summed E-state index contributed by atoms with van der Waals surface area (Å²) in [6, 6.07) is 9.26. The Kier molecular flexibility index (Phi) is 4.07. The molecule has 0 heterocycles. The molecule has 7 nitrogen and oxygen atoms in total. The van der Waals surface area contributed by atoms with E-state index in [4.69, 9.17) is 0 Å². The number of nitrogens with zero attached hydrogens (tertiary/aromatic N) is 2. The fourth-order valence-corrected chi connectivity index (χ4v) is 1.81. The van der Waals surface area contributed by atoms with Crippen molar-refractivity contribution < 1.29 is 14.2 Å². The van der Waals surface area contributed by atoms with Crippen LogP contribution in [-0.2, 0) is 6.54 Å². The number of nitro benzene ring substituents is 2. The summed E-state index contributed by atoms with van der Waals surface area (Å²) >= 11 is 0. The van der Waals surface area contributed by atoms with Gasteiger partial charge in [0.1, 0.15) is 5.69 Å². The molecule has 0 aliphatic carbocycles. The topological polar surface area (TPSA) is 98.3 Å². The van der Waals surface area contributed by atoms with Crippen LogP contribution >= 0.6 is 0 Å². The Hall–Kier alpha value is -3.03. The summed E-state index contributed by atoms with van der Waals surface area (Å²) in [5, 5.41) is 24.1. The van der Waals surface area contributed by atoms with Crippen LogP contribution in [0.25, 0.3) is 0 Å². The van der Waals surface area contributed by atoms with Gasteiger partial charge < -0.3 is 5.32 Å². The van der Waals surface area contributed by atoms with Crippen molar-refractivity contribution in [3.63, 3.8) is 0 Å². The summed E-state index contributed by atoms with van der Waals surface area (Å²) in [7, 11) is 0. The van der Waals surface area contributed by atoms with Crippen LogP contribution in [0.1, 0.15) is 5.56 Å². The van der Waals surface area contributed by atoms with Gasteiger partial charge in [-0.25, -0.2) is 4.39 Å². The minimum atomic E-state index is -0.755. The molecule has 108 valence electrons. The first-order valence-corrected chi connectivity index (χ1v) is 5.89. The molecule has 21 heavy (non-hydrogen) atoms. The molecule has 1 N–H and O–H groups in total. The molecule has 0 amide bonds. The van der Waals surface area contributed by atoms with Gasteiger partial charge in [0.15, 0.2) is 5.82 Å². The highest BCUT2D eigenvalue weighted by atomic mass is 19.1. The third-order valence-electron chi connectivity index (χ3n) is 2.78. The van der Waals surface area contributed by atoms with Gasteiger partial charge in [0.2, 0.25) is 0 Å². The van der Waals surface area contributed by atoms with Gasteiger partial charge >= 0.3 is 0 Å². The van der Waals surface area contributed by atoms with E-state index in [1.807, 2.05) is 0 Å². The van der Waals surface area contributed by atoms with Gasteiger partial charge in [-0.05, 0) is 11.6 Å². The second-order valence-corrected chi connectivity index (χ2v) is 4.17. The van der Waals surface area contributed by atoms with E-state index in [0.29, 0.717) is 5.56 Å². The maximum atomic E-state index is 13.6. The normalized spacial score (nSPS) is 10.1. The number of hydrogen-bond donors (Lipinski definition) is 1. The van der Waals surface area contributed by atoms with Gasteiger partial charge in [-0.2, -0.15) is 0 Å². The molecule has 0 saturated heterocycles. The van der Waals surface area contributed by atoms with Gasteiger partial charge in [0.25, 0.3) is 11.4 Å². The quantitative estimate of drug-likeness (QED) is 0.673. The van der Waals surface area contributed by atoms with Crippen molar-refractivity contribution in [3.8, 4) is 0 Å². The number of halogens is 1. The number of nitro groups is 2. The standard InChI is InChI=1S/C13H10FN3O4/c14-11-5-2-6-12(17(20)21)13(11)15-8-9-3-1-4-10(7-9)16(18)19/h1-7,15H,8H2. The third kappa shape index (κ3) is 3.30. The lowest BCUT2D eigenvalue weighted by molar-refractivity contribution is -0.384. The first-order chi connectivity index (χ1) is 9.99. The lowest BCUT2D eigenvalue weighted by Crippen LogP contribution is -2.05. The zero-order chi connectivity index (χ0) is 15.4. The highest BCUT2D eigenvalue weighted by molar-refractivity contribution is 5.62. The first kappa shape index (κ1) is 14.4. The van der Waals surface area contributed by atoms with E-state index >= 15 is 0 Å². The van der Waals surface area contributed by atoms with Crippen LogP contribution in [0.2, 0.25) is 0 Å². The molecule has 0 aliphatic heterocycles. The average molecular weight is 291 g/mol. The highest BCUT2D eigenvalue weighted by Crippen LogP contribution is 2.27. The molecule has 0 spiro atoms. The van der Waals surface area contributed by atoms with Crippen LogP contribution < -0.4 is 5.32 Å². The van der Waals surface area contributed by atoms with Crippen molar-refractivity contribution in [2.75, 3.05) is 5.32 Å². The van der Waals surface area contributed by atoms with E-state index < -0.39 is 15.7 Å². The van der Waals surface area contributed by atoms with E-state index in [2.05, 4.69) is 5.32 Å². The molecule has 0 radical (unpaired) electrons. The van der Waals surface area contributed by atoms with Crippen molar-refractivity contribution in [2.45, 2.75) is 6.54 Å². The predicted molar refractivity (Wildman–Crippen MR) is 73.5 cm³/mol. The Morgan fingerprint density at radius 3 is 2.43 bits per heavy atom. The van der Waals surface area contributed by atoms with Crippen molar-refractivity contribution in [1.82, 2.24) is 0 Å². The fourth-order valence-electron chi connectivity index (χ4n) is 1.81. The summed E-state index contributed by atoms with van der Waals surface area (Å²) in [5.41, 5.74) is -0.214. The second kappa shape index (κ2) is 5.95. The maximum absolute atomic E-state index is 13.6. The second-order valence-electron chi connectivity index (χ2n) is 4.17. The Morgan fingerprint density at radius 1 is 1.05 bits per heavy atom. The van der Waals surface area contributed by atoms with Crippen LogP contribution in [0.5, 0.6) is 0 Å². The largest absolute Gasteiger partial charge is 0.373 e. The van der Waals surface area contributed by atoms with E-state index in [1.165, 1.54) is 30.3 Å². The SMILES string of the molecule is O=[N+]([O-])c1cccc(CNc2c(F)cccc2[N+](=O)[O-])c1. The van der Waals surface area contributed by atoms with E-state index in [1.54, 1.807) is 6.07 Å². The summed E-state index contributed by atoms with van der Waals surface area (Å²) in [6.07, 6.45) is 0.